The topological polar surface area (TPSA) is 24.5 Å². The van der Waals surface area contributed by atoms with Crippen LogP contribution in [0.2, 0.25) is 0 Å². The maximum Gasteiger partial charge on any atom is 0.119 e. The Morgan fingerprint density at radius 3 is 2.56 bits per heavy atom. The van der Waals surface area contributed by atoms with E-state index in [0.29, 0.717) is 6.04 Å². The van der Waals surface area contributed by atoms with E-state index in [1.807, 2.05) is 6.07 Å². The lowest BCUT2D eigenvalue weighted by molar-refractivity contribution is 0.362. The number of rotatable bonds is 7. The van der Waals surface area contributed by atoms with Crippen molar-refractivity contribution in [2.24, 2.45) is 0 Å². The molecule has 1 N–H and O–H groups in total. The number of nitrogens with one attached hydrogen (secondary N) is 1. The van der Waals surface area contributed by atoms with Gasteiger partial charge < -0.3 is 15.0 Å². The molecule has 1 atom stereocenters. The van der Waals surface area contributed by atoms with E-state index in [9.17, 15) is 0 Å². The van der Waals surface area contributed by atoms with E-state index in [0.717, 1.165) is 25.3 Å². The predicted octanol–water partition coefficient (Wildman–Crippen LogP) is 2.61. The molecule has 0 aromatic heterocycles. The van der Waals surface area contributed by atoms with Crippen LogP contribution in [-0.2, 0) is 0 Å². The summed E-state index contributed by atoms with van der Waals surface area (Å²) >= 11 is 0. The summed E-state index contributed by atoms with van der Waals surface area (Å²) in [6.45, 7) is 6.38. The summed E-state index contributed by atoms with van der Waals surface area (Å²) in [5.41, 5.74) is 2.67. The van der Waals surface area contributed by atoms with Crippen molar-refractivity contribution in [1.29, 1.82) is 0 Å². The van der Waals surface area contributed by atoms with Crippen molar-refractivity contribution in [2.75, 3.05) is 34.3 Å². The Kier molecular flexibility index (Phi) is 6.16. The van der Waals surface area contributed by atoms with E-state index in [1.165, 1.54) is 11.1 Å². The summed E-state index contributed by atoms with van der Waals surface area (Å²) in [6.07, 6.45) is 1.12. The third kappa shape index (κ3) is 4.31. The molecular weight excluding hydrogens is 224 g/mol. The molecule has 0 saturated carbocycles. The quantitative estimate of drug-likeness (QED) is 0.805. The van der Waals surface area contributed by atoms with Gasteiger partial charge in [-0.05, 0) is 63.8 Å². The molecule has 3 nitrogen and oxygen atoms in total. The highest BCUT2D eigenvalue weighted by Gasteiger charge is 2.13. The molecule has 0 fully saturated rings. The Bertz CT molecular complexity index is 364. The van der Waals surface area contributed by atoms with Crippen molar-refractivity contribution < 1.29 is 4.74 Å². The first-order valence-corrected chi connectivity index (χ1v) is 6.61. The second kappa shape index (κ2) is 7.39. The van der Waals surface area contributed by atoms with E-state index in [4.69, 9.17) is 4.74 Å². The molecule has 1 aromatic carbocycles. The first-order chi connectivity index (χ1) is 8.58. The predicted molar refractivity (Wildman–Crippen MR) is 77.3 cm³/mol. The first kappa shape index (κ1) is 15.0. The Morgan fingerprint density at radius 2 is 2.06 bits per heavy atom. The third-order valence-corrected chi connectivity index (χ3v) is 3.17. The van der Waals surface area contributed by atoms with Crippen molar-refractivity contribution >= 4 is 0 Å². The summed E-state index contributed by atoms with van der Waals surface area (Å²) < 4.78 is 5.26. The maximum atomic E-state index is 5.26. The Balaban J connectivity index is 2.84. The van der Waals surface area contributed by atoms with Gasteiger partial charge in [0.1, 0.15) is 5.75 Å². The first-order valence-electron chi connectivity index (χ1n) is 6.61. The minimum absolute atomic E-state index is 0.420. The summed E-state index contributed by atoms with van der Waals surface area (Å²) in [5, 5.41) is 3.57. The average Bonchev–Trinajstić information content (AvgIpc) is 2.34. The van der Waals surface area contributed by atoms with Gasteiger partial charge in [0.2, 0.25) is 0 Å². The van der Waals surface area contributed by atoms with E-state index in [1.54, 1.807) is 7.11 Å². The lowest BCUT2D eigenvalue weighted by Gasteiger charge is -2.22. The molecule has 1 rings (SSSR count). The zero-order valence-corrected chi connectivity index (χ0v) is 12.3. The maximum absolute atomic E-state index is 5.26. The molecule has 18 heavy (non-hydrogen) atoms. The minimum atomic E-state index is 0.420. The van der Waals surface area contributed by atoms with Crippen molar-refractivity contribution in [3.8, 4) is 5.75 Å². The van der Waals surface area contributed by atoms with Gasteiger partial charge in [0, 0.05) is 6.04 Å². The van der Waals surface area contributed by atoms with Crippen molar-refractivity contribution in [1.82, 2.24) is 10.2 Å². The number of aryl methyl sites for hydroxylation is 1. The van der Waals surface area contributed by atoms with Crippen molar-refractivity contribution in [3.05, 3.63) is 29.3 Å². The number of hydrogen-bond acceptors (Lipinski definition) is 3. The lowest BCUT2D eigenvalue weighted by Crippen LogP contribution is -2.26. The van der Waals surface area contributed by atoms with Crippen LogP contribution < -0.4 is 10.1 Å². The van der Waals surface area contributed by atoms with Crippen LogP contribution in [0.15, 0.2) is 18.2 Å². The van der Waals surface area contributed by atoms with Gasteiger partial charge in [0.05, 0.1) is 7.11 Å². The van der Waals surface area contributed by atoms with E-state index >= 15 is 0 Å². The summed E-state index contributed by atoms with van der Waals surface area (Å²) in [6, 6.07) is 6.75. The molecule has 1 aromatic rings. The van der Waals surface area contributed by atoms with Crippen LogP contribution >= 0.6 is 0 Å². The van der Waals surface area contributed by atoms with Gasteiger partial charge in [-0.3, -0.25) is 0 Å². The smallest absolute Gasteiger partial charge is 0.119 e. The number of methoxy groups -OCH3 is 1. The number of ether oxygens (including phenoxy) is 1. The monoisotopic (exact) mass is 250 g/mol. The van der Waals surface area contributed by atoms with Gasteiger partial charge in [-0.15, -0.1) is 0 Å². The van der Waals surface area contributed by atoms with Crippen LogP contribution in [0, 0.1) is 6.92 Å². The molecule has 0 aliphatic rings. The fraction of sp³-hybridized carbons (Fsp3) is 0.600. The molecule has 1 unspecified atom stereocenters. The standard InChI is InChI=1S/C15H26N2O/c1-6-16-15(9-10-17(3)4)14-8-7-13(18-5)11-12(14)2/h7-8,11,15-16H,6,9-10H2,1-5H3. The van der Waals surface area contributed by atoms with Crippen LogP contribution in [0.4, 0.5) is 0 Å². The lowest BCUT2D eigenvalue weighted by atomic mass is 9.98. The van der Waals surface area contributed by atoms with Crippen LogP contribution in [0.5, 0.6) is 5.75 Å². The summed E-state index contributed by atoms with van der Waals surface area (Å²) in [4.78, 5) is 2.23. The Hall–Kier alpha value is -1.06. The fourth-order valence-corrected chi connectivity index (χ4v) is 2.17. The van der Waals surface area contributed by atoms with Gasteiger partial charge in [-0.2, -0.15) is 0 Å². The van der Waals surface area contributed by atoms with E-state index in [2.05, 4.69) is 50.3 Å². The largest absolute Gasteiger partial charge is 0.497 e. The molecule has 102 valence electrons. The molecule has 0 aliphatic carbocycles. The van der Waals surface area contributed by atoms with Gasteiger partial charge in [0.25, 0.3) is 0 Å². The highest BCUT2D eigenvalue weighted by atomic mass is 16.5. The molecule has 3 heteroatoms. The fourth-order valence-electron chi connectivity index (χ4n) is 2.17. The molecule has 0 bridgehead atoms. The molecule has 0 radical (unpaired) electrons. The van der Waals surface area contributed by atoms with Crippen molar-refractivity contribution in [2.45, 2.75) is 26.3 Å². The van der Waals surface area contributed by atoms with E-state index in [-0.39, 0.29) is 0 Å². The molecular formula is C15H26N2O. The van der Waals surface area contributed by atoms with Gasteiger partial charge in [0.15, 0.2) is 0 Å². The molecule has 0 amide bonds. The van der Waals surface area contributed by atoms with Gasteiger partial charge in [-0.25, -0.2) is 0 Å². The Labute approximate surface area is 111 Å². The SMILES string of the molecule is CCNC(CCN(C)C)c1ccc(OC)cc1C. The molecule has 0 heterocycles. The molecule has 0 aliphatic heterocycles. The minimum Gasteiger partial charge on any atom is -0.497 e. The number of hydrogen-bond donors (Lipinski definition) is 1. The van der Waals surface area contributed by atoms with Crippen LogP contribution in [0.3, 0.4) is 0 Å². The second-order valence-electron chi connectivity index (χ2n) is 4.92. The summed E-state index contributed by atoms with van der Waals surface area (Å²) in [5.74, 6) is 0.930. The number of nitrogens with zero attached hydrogens (tertiary/aromatic N) is 1. The molecule has 0 spiro atoms. The highest BCUT2D eigenvalue weighted by molar-refractivity contribution is 5.36. The average molecular weight is 250 g/mol. The third-order valence-electron chi connectivity index (χ3n) is 3.17. The van der Waals surface area contributed by atoms with Gasteiger partial charge in [-0.1, -0.05) is 13.0 Å². The van der Waals surface area contributed by atoms with Crippen molar-refractivity contribution in [3.63, 3.8) is 0 Å². The van der Waals surface area contributed by atoms with Crippen LogP contribution in [0.1, 0.15) is 30.5 Å². The zero-order valence-electron chi connectivity index (χ0n) is 12.3. The Morgan fingerprint density at radius 1 is 1.33 bits per heavy atom. The summed E-state index contributed by atoms with van der Waals surface area (Å²) in [7, 11) is 5.94. The normalized spacial score (nSPS) is 12.8. The second-order valence-corrected chi connectivity index (χ2v) is 4.92. The van der Waals surface area contributed by atoms with Crippen LogP contribution in [-0.4, -0.2) is 39.2 Å². The van der Waals surface area contributed by atoms with Gasteiger partial charge >= 0.3 is 0 Å². The number of benzene rings is 1. The van der Waals surface area contributed by atoms with Crippen LogP contribution in [0.25, 0.3) is 0 Å². The van der Waals surface area contributed by atoms with E-state index < -0.39 is 0 Å². The zero-order chi connectivity index (χ0) is 13.5. The molecule has 0 saturated heterocycles. The highest BCUT2D eigenvalue weighted by Crippen LogP contribution is 2.24.